The molecule has 1 unspecified atom stereocenters. The van der Waals surface area contributed by atoms with Crippen LogP contribution in [0.15, 0.2) is 6.33 Å². The zero-order valence-electron chi connectivity index (χ0n) is 11.5. The summed E-state index contributed by atoms with van der Waals surface area (Å²) in [6, 6.07) is 0. The summed E-state index contributed by atoms with van der Waals surface area (Å²) in [5, 5.41) is 0. The number of nitrogens with zero attached hydrogens (tertiary/aromatic N) is 4. The molecule has 0 amide bonds. The van der Waals surface area contributed by atoms with Gasteiger partial charge in [-0.2, -0.15) is 9.97 Å². The van der Waals surface area contributed by atoms with Crippen molar-refractivity contribution in [2.24, 2.45) is 0 Å². The van der Waals surface area contributed by atoms with Crippen LogP contribution in [0, 0.1) is 0 Å². The van der Waals surface area contributed by atoms with Gasteiger partial charge in [-0.3, -0.25) is 4.57 Å². The molecular formula is C9H14IN6O5P. The summed E-state index contributed by atoms with van der Waals surface area (Å²) in [5.74, 6) is 0.344. The molecule has 2 aromatic rings. The molecule has 13 heteroatoms. The molecule has 0 aromatic carbocycles. The van der Waals surface area contributed by atoms with E-state index in [1.165, 1.54) is 13.4 Å². The van der Waals surface area contributed by atoms with Gasteiger partial charge in [0.1, 0.15) is 6.35 Å². The van der Waals surface area contributed by atoms with Crippen molar-refractivity contribution in [1.29, 1.82) is 0 Å². The highest BCUT2D eigenvalue weighted by atomic mass is 127. The number of nitrogens with two attached hydrogens (primary N) is 1. The number of imidazole rings is 1. The summed E-state index contributed by atoms with van der Waals surface area (Å²) in [6.45, 7) is 0.514. The first-order chi connectivity index (χ1) is 10.5. The number of nitrogens with one attached hydrogen (secondary N) is 1. The van der Waals surface area contributed by atoms with Gasteiger partial charge in [0.25, 0.3) is 0 Å². The lowest BCUT2D eigenvalue weighted by Gasteiger charge is -2.10. The Hall–Kier alpha value is -1.05. The zero-order valence-corrected chi connectivity index (χ0v) is 14.5. The molecule has 0 bridgehead atoms. The Morgan fingerprint density at radius 1 is 1.55 bits per heavy atom. The number of rotatable bonds is 8. The molecule has 0 radical (unpaired) electrons. The Balaban J connectivity index is 2.01. The minimum atomic E-state index is -3.80. The Morgan fingerprint density at radius 3 is 3.00 bits per heavy atom. The number of halogens is 1. The molecule has 0 aliphatic carbocycles. The fourth-order valence-electron chi connectivity index (χ4n) is 1.66. The average Bonchev–Trinajstić information content (AvgIpc) is 2.85. The number of fused-ring (bicyclic) bond motifs is 1. The van der Waals surface area contributed by atoms with E-state index in [2.05, 4.69) is 23.3 Å². The van der Waals surface area contributed by atoms with E-state index in [4.69, 9.17) is 15.2 Å². The second-order valence-corrected chi connectivity index (χ2v) is 6.20. The lowest BCUT2D eigenvalue weighted by Crippen LogP contribution is -2.09. The highest BCUT2D eigenvalue weighted by molar-refractivity contribution is 14.1. The third-order valence-corrected chi connectivity index (χ3v) is 4.00. The molecule has 22 heavy (non-hydrogen) atoms. The third-order valence-electron chi connectivity index (χ3n) is 2.55. The minimum absolute atomic E-state index is 0.0633. The highest BCUT2D eigenvalue weighted by Gasteiger charge is 2.19. The first-order valence-corrected chi connectivity index (χ1v) is 8.77. The van der Waals surface area contributed by atoms with Crippen LogP contribution in [0.3, 0.4) is 0 Å². The number of hydrogen-bond acceptors (Lipinski definition) is 9. The fourth-order valence-corrected chi connectivity index (χ4v) is 3.11. The molecule has 0 fully saturated rings. The fraction of sp³-hybridized carbons (Fsp3) is 0.444. The Labute approximate surface area is 139 Å². The van der Waals surface area contributed by atoms with E-state index in [9.17, 15) is 9.46 Å². The summed E-state index contributed by atoms with van der Waals surface area (Å²) < 4.78 is 29.8. The third kappa shape index (κ3) is 4.24. The van der Waals surface area contributed by atoms with Crippen LogP contribution < -0.4 is 14.2 Å². The van der Waals surface area contributed by atoms with Crippen molar-refractivity contribution < 1.29 is 23.6 Å². The van der Waals surface area contributed by atoms with Gasteiger partial charge in [-0.1, -0.05) is 0 Å². The monoisotopic (exact) mass is 444 g/mol. The van der Waals surface area contributed by atoms with Gasteiger partial charge in [0.15, 0.2) is 11.2 Å². The quantitative estimate of drug-likeness (QED) is 0.172. The van der Waals surface area contributed by atoms with Crippen LogP contribution in [0.2, 0.25) is 0 Å². The van der Waals surface area contributed by atoms with Gasteiger partial charge in [0.2, 0.25) is 11.8 Å². The van der Waals surface area contributed by atoms with Crippen LogP contribution in [-0.4, -0.2) is 44.5 Å². The molecule has 122 valence electrons. The summed E-state index contributed by atoms with van der Waals surface area (Å²) in [6.07, 6.45) is 1.10. The molecule has 1 atom stereocenters. The van der Waals surface area contributed by atoms with Crippen LogP contribution >= 0.6 is 30.5 Å². The first kappa shape index (κ1) is 17.3. The van der Waals surface area contributed by atoms with Crippen molar-refractivity contribution in [3.05, 3.63) is 6.33 Å². The molecule has 0 saturated carbocycles. The van der Waals surface area contributed by atoms with E-state index >= 15 is 0 Å². The number of aromatic nitrogens is 4. The van der Waals surface area contributed by atoms with Gasteiger partial charge in [-0.25, -0.2) is 9.61 Å². The van der Waals surface area contributed by atoms with Crippen molar-refractivity contribution in [2.45, 2.75) is 6.54 Å². The van der Waals surface area contributed by atoms with E-state index in [-0.39, 0.29) is 18.4 Å². The second-order valence-electron chi connectivity index (χ2n) is 4.04. The van der Waals surface area contributed by atoms with Crippen molar-refractivity contribution >= 4 is 47.6 Å². The van der Waals surface area contributed by atoms with Crippen molar-refractivity contribution in [3.63, 3.8) is 0 Å². The SMILES string of the molecule is COc1nc(N)nc2c1ncn2CCOCP(=O)(O)ONI. The van der Waals surface area contributed by atoms with Crippen LogP contribution in [0.5, 0.6) is 5.88 Å². The normalized spacial score (nSPS) is 14.1. The minimum Gasteiger partial charge on any atom is -0.479 e. The number of anilines is 1. The summed E-state index contributed by atoms with van der Waals surface area (Å²) in [5.41, 5.74) is 6.57. The molecule has 2 heterocycles. The molecule has 11 nitrogen and oxygen atoms in total. The maximum Gasteiger partial charge on any atom is 0.370 e. The lowest BCUT2D eigenvalue weighted by molar-refractivity contribution is 0.134. The lowest BCUT2D eigenvalue weighted by atomic mass is 10.5. The highest BCUT2D eigenvalue weighted by Crippen LogP contribution is 2.40. The Kier molecular flexibility index (Phi) is 5.88. The molecule has 4 N–H and O–H groups in total. The average molecular weight is 444 g/mol. The molecule has 2 rings (SSSR count). The van der Waals surface area contributed by atoms with Crippen molar-refractivity contribution in [2.75, 3.05) is 25.8 Å². The van der Waals surface area contributed by atoms with Crippen molar-refractivity contribution in [1.82, 2.24) is 23.2 Å². The maximum absolute atomic E-state index is 11.4. The van der Waals surface area contributed by atoms with E-state index in [0.29, 0.717) is 17.7 Å². The topological polar surface area (TPSA) is 147 Å². The molecule has 0 saturated heterocycles. The van der Waals surface area contributed by atoms with Gasteiger partial charge in [-0.15, -0.1) is 3.69 Å². The van der Waals surface area contributed by atoms with Crippen LogP contribution in [0.4, 0.5) is 5.95 Å². The molecule has 2 aromatic heterocycles. The van der Waals surface area contributed by atoms with Crippen LogP contribution in [-0.2, 0) is 20.5 Å². The Morgan fingerprint density at radius 2 is 2.32 bits per heavy atom. The van der Waals surface area contributed by atoms with E-state index in [1.807, 2.05) is 0 Å². The Bertz CT molecular complexity index is 696. The summed E-state index contributed by atoms with van der Waals surface area (Å²) in [7, 11) is -2.34. The number of ether oxygens (including phenoxy) is 2. The molecule has 0 aliphatic rings. The number of nitrogen functional groups attached to an aromatic ring is 1. The smallest absolute Gasteiger partial charge is 0.370 e. The molecule has 0 aliphatic heterocycles. The largest absolute Gasteiger partial charge is 0.479 e. The van der Waals surface area contributed by atoms with Crippen molar-refractivity contribution in [3.8, 4) is 5.88 Å². The number of hydrogen-bond donors (Lipinski definition) is 3. The summed E-state index contributed by atoms with van der Waals surface area (Å²) >= 11 is 1.59. The van der Waals surface area contributed by atoms with Gasteiger partial charge in [-0.05, 0) is 0 Å². The van der Waals surface area contributed by atoms with Gasteiger partial charge >= 0.3 is 7.60 Å². The predicted octanol–water partition coefficient (Wildman–Crippen LogP) is 0.448. The zero-order chi connectivity index (χ0) is 16.2. The number of methoxy groups -OCH3 is 1. The van der Waals surface area contributed by atoms with Gasteiger partial charge in [0, 0.05) is 29.4 Å². The van der Waals surface area contributed by atoms with Gasteiger partial charge < -0.3 is 24.7 Å². The van der Waals surface area contributed by atoms with E-state index in [0.717, 1.165) is 0 Å². The summed E-state index contributed by atoms with van der Waals surface area (Å²) in [4.78, 5) is 21.5. The maximum atomic E-state index is 11.4. The van der Waals surface area contributed by atoms with E-state index < -0.39 is 13.9 Å². The molecular weight excluding hydrogens is 430 g/mol. The van der Waals surface area contributed by atoms with Crippen LogP contribution in [0.25, 0.3) is 11.2 Å². The second kappa shape index (κ2) is 7.48. The predicted molar refractivity (Wildman–Crippen MR) is 85.2 cm³/mol. The van der Waals surface area contributed by atoms with Crippen LogP contribution in [0.1, 0.15) is 0 Å². The van der Waals surface area contributed by atoms with E-state index in [1.54, 1.807) is 27.4 Å². The first-order valence-electron chi connectivity index (χ1n) is 5.93. The van der Waals surface area contributed by atoms with Gasteiger partial charge in [0.05, 0.1) is 20.0 Å². The molecule has 0 spiro atoms. The standard InChI is InChI=1S/C9H14IN6O5P/c1-19-8-6-7(13-9(11)14-8)16(4-12-6)2-3-20-5-22(17,18)21-15-10/h4,15H,2-3,5H2,1H3,(H,17,18)(H2,11,13,14).